The van der Waals surface area contributed by atoms with E-state index in [9.17, 15) is 19.5 Å². The van der Waals surface area contributed by atoms with E-state index in [1.165, 1.54) is 0 Å². The molecule has 0 aliphatic carbocycles. The van der Waals surface area contributed by atoms with Gasteiger partial charge in [0.25, 0.3) is 5.91 Å². The number of esters is 1. The molecule has 3 heterocycles. The number of allylic oxidation sites excluding steroid dienone is 1. The lowest BCUT2D eigenvalue weighted by atomic mass is 9.71. The van der Waals surface area contributed by atoms with Crippen LogP contribution in [0.1, 0.15) is 46.0 Å². The molecule has 8 nitrogen and oxygen atoms in total. The van der Waals surface area contributed by atoms with Gasteiger partial charge in [-0.25, -0.2) is 0 Å². The summed E-state index contributed by atoms with van der Waals surface area (Å²) in [7, 11) is 1.58. The summed E-state index contributed by atoms with van der Waals surface area (Å²) in [4.78, 5) is 45.6. The third-order valence-electron chi connectivity index (χ3n) is 8.57. The standard InChI is InChI=1S/C31H42N2O6S/c1-6-8-9-10-18-39-30(37)25-24-15-16-31(40-24)26(25)28(35)33(23(19-34)20(3)4)27(31)29(36)32(17-7-2)21-11-13-22(38-5)14-12-21/h6-7,11-14,20,23-27,34H,1-2,8-10,15-19H2,3-5H3/t23-,24+,25-,26-,27?,31?/m0/s1. The minimum Gasteiger partial charge on any atom is -0.497 e. The van der Waals surface area contributed by atoms with E-state index in [0.29, 0.717) is 24.5 Å². The van der Waals surface area contributed by atoms with Crippen LogP contribution in [0.4, 0.5) is 5.69 Å². The Morgan fingerprint density at radius 1 is 1.23 bits per heavy atom. The van der Waals surface area contributed by atoms with Crippen LogP contribution in [-0.4, -0.2) is 76.7 Å². The first-order chi connectivity index (χ1) is 19.2. The zero-order valence-corrected chi connectivity index (χ0v) is 24.6. The van der Waals surface area contributed by atoms with Gasteiger partial charge in [0, 0.05) is 17.5 Å². The van der Waals surface area contributed by atoms with Gasteiger partial charge in [-0.1, -0.05) is 26.0 Å². The minimum absolute atomic E-state index is 0.0763. The number of ether oxygens (including phenoxy) is 2. The van der Waals surface area contributed by atoms with Crippen molar-refractivity contribution in [3.8, 4) is 5.75 Å². The second-order valence-corrected chi connectivity index (χ2v) is 12.8. The molecule has 2 amide bonds. The third-order valence-corrected chi connectivity index (χ3v) is 10.5. The summed E-state index contributed by atoms with van der Waals surface area (Å²) in [5.74, 6) is -1.51. The van der Waals surface area contributed by atoms with Gasteiger partial charge in [-0.15, -0.1) is 24.9 Å². The molecule has 1 spiro atoms. The van der Waals surface area contributed by atoms with Crippen LogP contribution in [-0.2, 0) is 19.1 Å². The topological polar surface area (TPSA) is 96.4 Å². The van der Waals surface area contributed by atoms with Gasteiger partial charge in [0.2, 0.25) is 5.91 Å². The minimum atomic E-state index is -0.827. The number of rotatable bonds is 14. The van der Waals surface area contributed by atoms with Crippen LogP contribution in [0.5, 0.6) is 5.75 Å². The van der Waals surface area contributed by atoms with Gasteiger partial charge in [0.1, 0.15) is 11.8 Å². The molecule has 9 heteroatoms. The normalized spacial score (nSPS) is 27.4. The number of benzene rings is 1. The lowest BCUT2D eigenvalue weighted by molar-refractivity contribution is -0.154. The van der Waals surface area contributed by atoms with Crippen molar-refractivity contribution in [1.29, 1.82) is 0 Å². The number of fused-ring (bicyclic) bond motifs is 1. The van der Waals surface area contributed by atoms with Gasteiger partial charge in [-0.3, -0.25) is 14.4 Å². The number of nitrogens with zero attached hydrogens (tertiary/aromatic N) is 2. The number of aliphatic hydroxyl groups is 1. The quantitative estimate of drug-likeness (QED) is 0.203. The molecule has 0 radical (unpaired) electrons. The number of unbranched alkanes of at least 4 members (excludes halogenated alkanes) is 2. The Kier molecular flexibility index (Phi) is 9.67. The Hall–Kier alpha value is -2.78. The van der Waals surface area contributed by atoms with Crippen molar-refractivity contribution >= 4 is 35.2 Å². The summed E-state index contributed by atoms with van der Waals surface area (Å²) in [5, 5.41) is 10.4. The lowest BCUT2D eigenvalue weighted by Gasteiger charge is -2.40. The molecule has 0 aromatic heterocycles. The Balaban J connectivity index is 1.71. The number of hydrogen-bond acceptors (Lipinski definition) is 7. The predicted molar refractivity (Wildman–Crippen MR) is 157 cm³/mol. The highest BCUT2D eigenvalue weighted by Gasteiger charge is 2.75. The van der Waals surface area contributed by atoms with Crippen LogP contribution in [0.25, 0.3) is 0 Å². The van der Waals surface area contributed by atoms with Gasteiger partial charge in [-0.05, 0) is 62.3 Å². The van der Waals surface area contributed by atoms with E-state index in [0.717, 1.165) is 25.7 Å². The van der Waals surface area contributed by atoms with E-state index < -0.39 is 28.7 Å². The molecule has 3 aliphatic heterocycles. The number of likely N-dealkylation sites (tertiary alicyclic amines) is 1. The first-order valence-electron chi connectivity index (χ1n) is 14.2. The molecule has 0 saturated carbocycles. The summed E-state index contributed by atoms with van der Waals surface area (Å²) in [6.07, 6.45) is 7.36. The Bertz CT molecular complexity index is 1110. The van der Waals surface area contributed by atoms with Crippen LogP contribution in [0.2, 0.25) is 0 Å². The molecule has 1 N–H and O–H groups in total. The highest BCUT2D eigenvalue weighted by Crippen LogP contribution is 2.67. The van der Waals surface area contributed by atoms with Gasteiger partial charge in [0.05, 0.1) is 42.9 Å². The maximum absolute atomic E-state index is 14.6. The number of thioether (sulfide) groups is 1. The smallest absolute Gasteiger partial charge is 0.310 e. The molecule has 3 fully saturated rings. The maximum Gasteiger partial charge on any atom is 0.310 e. The highest BCUT2D eigenvalue weighted by atomic mass is 32.2. The SMILES string of the molecule is C=CCCCCOC(=O)[C@@H]1[C@H]2C(=O)N([C@@H](CO)C(C)C)C(C(=O)N(CC=C)c3ccc(OC)cc3)C23CC[C@H]1S3. The van der Waals surface area contributed by atoms with Crippen LogP contribution in [0.15, 0.2) is 49.6 Å². The fourth-order valence-electron chi connectivity index (χ4n) is 6.64. The molecule has 3 saturated heterocycles. The van der Waals surface area contributed by atoms with E-state index in [4.69, 9.17) is 9.47 Å². The zero-order valence-electron chi connectivity index (χ0n) is 23.8. The van der Waals surface area contributed by atoms with Crippen LogP contribution < -0.4 is 9.64 Å². The fourth-order valence-corrected chi connectivity index (χ4v) is 8.82. The van der Waals surface area contributed by atoms with Gasteiger partial charge in [-0.2, -0.15) is 0 Å². The lowest BCUT2D eigenvalue weighted by Crippen LogP contribution is -2.58. The third kappa shape index (κ3) is 5.30. The summed E-state index contributed by atoms with van der Waals surface area (Å²) in [6, 6.07) is 5.82. The van der Waals surface area contributed by atoms with Crippen molar-refractivity contribution < 1.29 is 29.0 Å². The number of carbonyl (C=O) groups is 3. The van der Waals surface area contributed by atoms with Gasteiger partial charge in [0.15, 0.2) is 0 Å². The number of amides is 2. The first kappa shape index (κ1) is 30.2. The van der Waals surface area contributed by atoms with E-state index >= 15 is 0 Å². The predicted octanol–water partition coefficient (Wildman–Crippen LogP) is 4.22. The van der Waals surface area contributed by atoms with Gasteiger partial charge < -0.3 is 24.4 Å². The van der Waals surface area contributed by atoms with Gasteiger partial charge >= 0.3 is 5.97 Å². The molecule has 1 aromatic rings. The van der Waals surface area contributed by atoms with Crippen molar-refractivity contribution in [3.63, 3.8) is 0 Å². The molecule has 3 aliphatic rings. The molecule has 4 rings (SSSR count). The summed E-state index contributed by atoms with van der Waals surface area (Å²) in [5.41, 5.74) is 0.663. The van der Waals surface area contributed by atoms with Crippen LogP contribution in [0.3, 0.4) is 0 Å². The first-order valence-corrected chi connectivity index (χ1v) is 15.1. The van der Waals surface area contributed by atoms with Crippen molar-refractivity contribution in [3.05, 3.63) is 49.6 Å². The largest absolute Gasteiger partial charge is 0.497 e. The fraction of sp³-hybridized carbons (Fsp3) is 0.581. The maximum atomic E-state index is 14.6. The molecule has 1 aromatic carbocycles. The number of methoxy groups -OCH3 is 1. The Labute approximate surface area is 241 Å². The number of carbonyl (C=O) groups excluding carboxylic acids is 3. The van der Waals surface area contributed by atoms with E-state index in [1.807, 2.05) is 32.1 Å². The zero-order chi connectivity index (χ0) is 29.0. The molecule has 40 heavy (non-hydrogen) atoms. The average Bonchev–Trinajstić information content (AvgIpc) is 3.59. The molecule has 6 atom stereocenters. The van der Waals surface area contributed by atoms with E-state index in [2.05, 4.69) is 13.2 Å². The molecule has 2 bridgehead atoms. The molecular weight excluding hydrogens is 528 g/mol. The molecular formula is C31H42N2O6S. The van der Waals surface area contributed by atoms with Crippen LogP contribution in [0, 0.1) is 17.8 Å². The summed E-state index contributed by atoms with van der Waals surface area (Å²) < 4.78 is 10.2. The highest BCUT2D eigenvalue weighted by molar-refractivity contribution is 8.02. The number of hydrogen-bond donors (Lipinski definition) is 1. The Morgan fingerprint density at radius 2 is 1.95 bits per heavy atom. The van der Waals surface area contributed by atoms with E-state index in [-0.39, 0.29) is 42.1 Å². The van der Waals surface area contributed by atoms with Crippen molar-refractivity contribution in [1.82, 2.24) is 4.90 Å². The number of aliphatic hydroxyl groups excluding tert-OH is 1. The summed E-state index contributed by atoms with van der Waals surface area (Å²) in [6.45, 7) is 11.7. The van der Waals surface area contributed by atoms with Crippen molar-refractivity contribution in [2.45, 2.75) is 68.0 Å². The Morgan fingerprint density at radius 3 is 2.55 bits per heavy atom. The van der Waals surface area contributed by atoms with Crippen molar-refractivity contribution in [2.75, 3.05) is 31.8 Å². The average molecular weight is 571 g/mol. The van der Waals surface area contributed by atoms with Crippen LogP contribution >= 0.6 is 11.8 Å². The second kappa shape index (κ2) is 12.8. The number of anilines is 1. The molecule has 218 valence electrons. The van der Waals surface area contributed by atoms with E-state index in [1.54, 1.807) is 46.9 Å². The summed E-state index contributed by atoms with van der Waals surface area (Å²) >= 11 is 1.60. The van der Waals surface area contributed by atoms with Crippen molar-refractivity contribution in [2.24, 2.45) is 17.8 Å². The molecule has 2 unspecified atom stereocenters. The second-order valence-electron chi connectivity index (χ2n) is 11.2. The monoisotopic (exact) mass is 570 g/mol.